The third-order valence-corrected chi connectivity index (χ3v) is 1.39. The maximum Gasteiger partial charge on any atom is 0.189 e. The van der Waals surface area contributed by atoms with Crippen LogP contribution < -0.4 is 0 Å². The van der Waals surface area contributed by atoms with Crippen molar-refractivity contribution < 1.29 is 52.2 Å². The van der Waals surface area contributed by atoms with E-state index >= 15 is 0 Å². The predicted octanol–water partition coefficient (Wildman–Crippen LogP) is -6.68. The number of Topliss-reactive ketones (excluding diaryl/α,β-unsaturated/α-hetero) is 1. The lowest BCUT2D eigenvalue weighted by Crippen LogP contribution is -2.44. The molecule has 0 aliphatic carbocycles. The molecule has 0 bridgehead atoms. The highest BCUT2D eigenvalue weighted by molar-refractivity contribution is 5.84. The molecule has 0 unspecified atom stereocenters. The summed E-state index contributed by atoms with van der Waals surface area (Å²) in [7, 11) is 0. The Morgan fingerprint density at radius 1 is 0.938 bits per heavy atom. The van der Waals surface area contributed by atoms with E-state index in [0.717, 1.165) is 0 Å². The predicted molar refractivity (Wildman–Crippen MR) is 51.7 cm³/mol. The van der Waals surface area contributed by atoms with Gasteiger partial charge in [0.15, 0.2) is 5.78 Å². The van der Waals surface area contributed by atoms with E-state index in [4.69, 9.17) is 25.5 Å². The highest BCUT2D eigenvalue weighted by Gasteiger charge is 2.28. The zero-order valence-electron chi connectivity index (χ0n) is 8.29. The monoisotopic (exact) mass is 252 g/mol. The van der Waals surface area contributed by atoms with Crippen LogP contribution in [0.25, 0.3) is 0 Å². The van der Waals surface area contributed by atoms with Gasteiger partial charge in [-0.2, -0.15) is 0 Å². The number of hydrogen-bond acceptors (Lipinski definition) is 6. The van der Waals surface area contributed by atoms with Crippen LogP contribution in [0.1, 0.15) is 0 Å². The van der Waals surface area contributed by atoms with Gasteiger partial charge >= 0.3 is 0 Å². The zero-order valence-corrected chi connectivity index (χ0v) is 8.29. The summed E-state index contributed by atoms with van der Waals surface area (Å²) in [6, 6.07) is 0. The van der Waals surface area contributed by atoms with Gasteiger partial charge in [-0.1, -0.05) is 0 Å². The maximum atomic E-state index is 10.5. The Hall–Kier alpha value is -0.690. The summed E-state index contributed by atoms with van der Waals surface area (Å²) in [5, 5.41) is 43.1. The molecule has 10 nitrogen and oxygen atoms in total. The van der Waals surface area contributed by atoms with Crippen molar-refractivity contribution in [2.45, 2.75) is 18.3 Å². The Morgan fingerprint density at radius 2 is 1.31 bits per heavy atom. The second kappa shape index (κ2) is 14.3. The van der Waals surface area contributed by atoms with Crippen LogP contribution in [0, 0.1) is 0 Å². The molecule has 0 aromatic heterocycles. The van der Waals surface area contributed by atoms with E-state index in [-0.39, 0.29) is 21.9 Å². The molecule has 0 fully saturated rings. The van der Waals surface area contributed by atoms with Crippen molar-refractivity contribution in [3.05, 3.63) is 0 Å². The molecule has 0 radical (unpaired) electrons. The molecule has 0 aromatic rings. The number of carbonyl (C=O) groups excluding carboxylic acids is 1. The number of aliphatic hydroxyl groups is 5. The summed E-state index contributed by atoms with van der Waals surface area (Å²) in [5.74, 6) is -1.00. The van der Waals surface area contributed by atoms with Gasteiger partial charge in [-0.15, -0.1) is 0 Å². The summed E-state index contributed by atoms with van der Waals surface area (Å²) < 4.78 is 0. The summed E-state index contributed by atoms with van der Waals surface area (Å²) in [6.07, 6.45) is -5.22. The first-order valence-electron chi connectivity index (χ1n) is 3.33. The average Bonchev–Trinajstić information content (AvgIpc) is 2.12. The molecule has 0 rings (SSSR count). The smallest absolute Gasteiger partial charge is 0.189 e. The van der Waals surface area contributed by atoms with Gasteiger partial charge in [0, 0.05) is 0 Å². The SMILES string of the molecule is O.O.O.O.O=C(CO)[C@H](O)[C@@H](O)[C@H](O)CO. The van der Waals surface area contributed by atoms with Gasteiger partial charge in [0.1, 0.15) is 24.9 Å². The number of carbonyl (C=O) groups is 1. The summed E-state index contributed by atoms with van der Waals surface area (Å²) in [6.45, 7) is -1.69. The van der Waals surface area contributed by atoms with Gasteiger partial charge in [0.05, 0.1) is 6.61 Å². The minimum atomic E-state index is -1.86. The third-order valence-electron chi connectivity index (χ3n) is 1.39. The van der Waals surface area contributed by atoms with Crippen LogP contribution in [-0.4, -0.2) is 84.7 Å². The van der Waals surface area contributed by atoms with Crippen molar-refractivity contribution >= 4 is 5.78 Å². The minimum Gasteiger partial charge on any atom is -0.412 e. The molecule has 0 amide bonds. The minimum absolute atomic E-state index is 0. The van der Waals surface area contributed by atoms with Crippen LogP contribution >= 0.6 is 0 Å². The second-order valence-corrected chi connectivity index (χ2v) is 2.31. The van der Waals surface area contributed by atoms with Gasteiger partial charge < -0.3 is 47.4 Å². The highest BCUT2D eigenvalue weighted by Crippen LogP contribution is 2.00. The van der Waals surface area contributed by atoms with E-state index in [2.05, 4.69) is 0 Å². The van der Waals surface area contributed by atoms with Crippen molar-refractivity contribution in [3.8, 4) is 0 Å². The van der Waals surface area contributed by atoms with Gasteiger partial charge in [-0.05, 0) is 0 Å². The standard InChI is InChI=1S/C6H12O6.4H2O/c7-1-3(9)5(11)6(12)4(10)2-8;;;;/h3,5-9,11-12H,1-2H2;4*1H2/t3-,5+,6+;;;;/m1..../s1. The zero-order chi connectivity index (χ0) is 9.72. The molecule has 0 spiro atoms. The van der Waals surface area contributed by atoms with Crippen LogP contribution in [0.4, 0.5) is 0 Å². The fourth-order valence-corrected chi connectivity index (χ4v) is 0.602. The van der Waals surface area contributed by atoms with E-state index < -0.39 is 37.3 Å². The largest absolute Gasteiger partial charge is 0.412 e. The summed E-state index contributed by atoms with van der Waals surface area (Å²) in [5.41, 5.74) is 0. The van der Waals surface area contributed by atoms with Crippen LogP contribution in [-0.2, 0) is 4.79 Å². The second-order valence-electron chi connectivity index (χ2n) is 2.31. The van der Waals surface area contributed by atoms with Crippen molar-refractivity contribution in [3.63, 3.8) is 0 Å². The molecule has 0 aromatic carbocycles. The third kappa shape index (κ3) is 8.60. The van der Waals surface area contributed by atoms with Gasteiger partial charge in [0.25, 0.3) is 0 Å². The average molecular weight is 252 g/mol. The fourth-order valence-electron chi connectivity index (χ4n) is 0.602. The molecule has 0 saturated carbocycles. The van der Waals surface area contributed by atoms with E-state index in [9.17, 15) is 4.79 Å². The molecular weight excluding hydrogens is 232 g/mol. The Kier molecular flexibility index (Phi) is 26.4. The molecule has 13 N–H and O–H groups in total. The molecule has 0 aliphatic heterocycles. The molecule has 0 aliphatic rings. The Morgan fingerprint density at radius 3 is 1.56 bits per heavy atom. The molecule has 0 heterocycles. The van der Waals surface area contributed by atoms with Gasteiger partial charge in [-0.3, -0.25) is 4.79 Å². The molecule has 3 atom stereocenters. The van der Waals surface area contributed by atoms with Gasteiger partial charge in [-0.25, -0.2) is 0 Å². The lowest BCUT2D eigenvalue weighted by molar-refractivity contribution is -0.142. The Bertz CT molecular complexity index is 150. The number of ketones is 1. The van der Waals surface area contributed by atoms with Crippen molar-refractivity contribution in [1.29, 1.82) is 0 Å². The number of hydrogen-bond donors (Lipinski definition) is 5. The highest BCUT2D eigenvalue weighted by atomic mass is 16.4. The quantitative estimate of drug-likeness (QED) is 0.317. The molecule has 10 heteroatoms. The first kappa shape index (κ1) is 29.5. The van der Waals surface area contributed by atoms with Crippen molar-refractivity contribution in [2.24, 2.45) is 0 Å². The lowest BCUT2D eigenvalue weighted by atomic mass is 10.1. The fraction of sp³-hybridized carbons (Fsp3) is 0.833. The maximum absolute atomic E-state index is 10.5. The normalized spacial score (nSPS) is 13.8. The van der Waals surface area contributed by atoms with E-state index in [1.165, 1.54) is 0 Å². The van der Waals surface area contributed by atoms with Crippen molar-refractivity contribution in [1.82, 2.24) is 0 Å². The Balaban J connectivity index is -0.000000101. The summed E-state index contributed by atoms with van der Waals surface area (Å²) >= 11 is 0. The van der Waals surface area contributed by atoms with Crippen LogP contribution in [0.3, 0.4) is 0 Å². The van der Waals surface area contributed by atoms with E-state index in [0.29, 0.717) is 0 Å². The summed E-state index contributed by atoms with van der Waals surface area (Å²) in [4.78, 5) is 10.5. The number of aliphatic hydroxyl groups excluding tert-OH is 5. The first-order chi connectivity index (χ1) is 5.54. The lowest BCUT2D eigenvalue weighted by Gasteiger charge is -2.19. The van der Waals surface area contributed by atoms with Crippen LogP contribution in [0.5, 0.6) is 0 Å². The molecular formula is C6H20O10. The molecule has 16 heavy (non-hydrogen) atoms. The Labute approximate surface area is 90.6 Å². The van der Waals surface area contributed by atoms with Crippen LogP contribution in [0.15, 0.2) is 0 Å². The van der Waals surface area contributed by atoms with Crippen LogP contribution in [0.2, 0.25) is 0 Å². The molecule has 104 valence electrons. The topological polar surface area (TPSA) is 244 Å². The van der Waals surface area contributed by atoms with E-state index in [1.54, 1.807) is 0 Å². The molecule has 0 saturated heterocycles. The van der Waals surface area contributed by atoms with Gasteiger partial charge in [0.2, 0.25) is 0 Å². The first-order valence-corrected chi connectivity index (χ1v) is 3.33. The van der Waals surface area contributed by atoms with Crippen molar-refractivity contribution in [2.75, 3.05) is 13.2 Å². The van der Waals surface area contributed by atoms with E-state index in [1.807, 2.05) is 0 Å². The number of rotatable bonds is 5.